The number of ether oxygens (including phenoxy) is 2. The van der Waals surface area contributed by atoms with Crippen LogP contribution >= 0.6 is 11.6 Å². The van der Waals surface area contributed by atoms with Gasteiger partial charge in [-0.05, 0) is 48.9 Å². The number of carbonyl (C=O) groups excluding carboxylic acids is 2. The van der Waals surface area contributed by atoms with E-state index in [1.807, 2.05) is 19.1 Å². The molecule has 1 heterocycles. The molecule has 2 N–H and O–H groups in total. The van der Waals surface area contributed by atoms with E-state index in [4.69, 9.17) is 21.1 Å². The van der Waals surface area contributed by atoms with Gasteiger partial charge in [-0.25, -0.2) is 0 Å². The van der Waals surface area contributed by atoms with Gasteiger partial charge in [0.1, 0.15) is 17.4 Å². The van der Waals surface area contributed by atoms with Crippen molar-refractivity contribution < 1.29 is 19.1 Å². The highest BCUT2D eigenvalue weighted by atomic mass is 35.5. The Morgan fingerprint density at radius 3 is 2.61 bits per heavy atom. The Morgan fingerprint density at radius 2 is 1.94 bits per heavy atom. The monoisotopic (exact) mass is 468 g/mol. The topological polar surface area (TPSA) is 104 Å². The second kappa shape index (κ2) is 11.9. The van der Waals surface area contributed by atoms with Gasteiger partial charge in [-0.1, -0.05) is 23.7 Å². The largest absolute Gasteiger partial charge is 0.484 e. The van der Waals surface area contributed by atoms with E-state index in [0.29, 0.717) is 54.9 Å². The number of benzene rings is 2. The lowest BCUT2D eigenvalue weighted by molar-refractivity contribution is -0.123. The molecule has 0 spiro atoms. The SMILES string of the molecule is CCNC(=O)COc1ccc(/C=C(/C#N)C(=O)Nc2cc(Cl)ccc2N2CCOCC2)cc1. The highest BCUT2D eigenvalue weighted by Gasteiger charge is 2.18. The molecule has 2 aromatic rings. The van der Waals surface area contributed by atoms with Crippen LogP contribution in [0.2, 0.25) is 5.02 Å². The van der Waals surface area contributed by atoms with Crippen molar-refractivity contribution in [1.82, 2.24) is 5.32 Å². The zero-order valence-corrected chi connectivity index (χ0v) is 19.0. The summed E-state index contributed by atoms with van der Waals surface area (Å²) in [6.45, 7) is 4.87. The molecule has 0 atom stereocenters. The molecular formula is C24H25ClN4O4. The van der Waals surface area contributed by atoms with Gasteiger partial charge in [-0.15, -0.1) is 0 Å². The van der Waals surface area contributed by atoms with Crippen LogP contribution in [0, 0.1) is 11.3 Å². The molecule has 0 unspecified atom stereocenters. The van der Waals surface area contributed by atoms with Crippen LogP contribution in [0.15, 0.2) is 48.0 Å². The molecule has 0 radical (unpaired) electrons. The molecule has 1 aliphatic rings. The highest BCUT2D eigenvalue weighted by molar-refractivity contribution is 6.31. The van der Waals surface area contributed by atoms with Crippen LogP contribution in [0.5, 0.6) is 5.75 Å². The van der Waals surface area contributed by atoms with Gasteiger partial charge in [0.15, 0.2) is 6.61 Å². The summed E-state index contributed by atoms with van der Waals surface area (Å²) in [7, 11) is 0. The average molecular weight is 469 g/mol. The predicted octanol–water partition coefficient (Wildman–Crippen LogP) is 3.24. The minimum absolute atomic E-state index is 0.0566. The molecule has 2 aromatic carbocycles. The molecule has 1 aliphatic heterocycles. The van der Waals surface area contributed by atoms with Crippen LogP contribution in [0.4, 0.5) is 11.4 Å². The Morgan fingerprint density at radius 1 is 1.21 bits per heavy atom. The number of morpholine rings is 1. The van der Waals surface area contributed by atoms with Crippen LogP contribution in [0.25, 0.3) is 6.08 Å². The molecule has 0 aromatic heterocycles. The first-order valence-electron chi connectivity index (χ1n) is 10.5. The maximum absolute atomic E-state index is 12.8. The van der Waals surface area contributed by atoms with Crippen molar-refractivity contribution in [3.63, 3.8) is 0 Å². The van der Waals surface area contributed by atoms with E-state index in [9.17, 15) is 14.9 Å². The van der Waals surface area contributed by atoms with Crippen molar-refractivity contribution in [2.45, 2.75) is 6.92 Å². The first kappa shape index (κ1) is 24.1. The number of rotatable bonds is 8. The molecule has 1 saturated heterocycles. The summed E-state index contributed by atoms with van der Waals surface area (Å²) in [5.41, 5.74) is 1.94. The van der Waals surface area contributed by atoms with Crippen LogP contribution in [0.1, 0.15) is 12.5 Å². The lowest BCUT2D eigenvalue weighted by Gasteiger charge is -2.30. The van der Waals surface area contributed by atoms with Crippen molar-refractivity contribution in [3.8, 4) is 11.8 Å². The molecule has 0 bridgehead atoms. The van der Waals surface area contributed by atoms with Crippen molar-refractivity contribution in [3.05, 3.63) is 58.6 Å². The highest BCUT2D eigenvalue weighted by Crippen LogP contribution is 2.30. The van der Waals surface area contributed by atoms with Crippen molar-refractivity contribution >= 4 is 40.9 Å². The van der Waals surface area contributed by atoms with Crippen molar-refractivity contribution in [2.24, 2.45) is 0 Å². The fraction of sp³-hybridized carbons (Fsp3) is 0.292. The van der Waals surface area contributed by atoms with E-state index in [2.05, 4.69) is 15.5 Å². The first-order valence-corrected chi connectivity index (χ1v) is 10.9. The van der Waals surface area contributed by atoms with E-state index in [1.54, 1.807) is 36.4 Å². The quantitative estimate of drug-likeness (QED) is 0.455. The smallest absolute Gasteiger partial charge is 0.266 e. The third-order valence-electron chi connectivity index (χ3n) is 4.86. The third kappa shape index (κ3) is 6.97. The Bertz CT molecular complexity index is 1060. The van der Waals surface area contributed by atoms with E-state index < -0.39 is 5.91 Å². The van der Waals surface area contributed by atoms with Gasteiger partial charge in [0.25, 0.3) is 11.8 Å². The number of likely N-dealkylation sites (N-methyl/N-ethyl adjacent to an activating group) is 1. The van der Waals surface area contributed by atoms with E-state index in [-0.39, 0.29) is 18.1 Å². The minimum atomic E-state index is -0.536. The van der Waals surface area contributed by atoms with E-state index in [1.165, 1.54) is 6.08 Å². The molecule has 1 fully saturated rings. The molecular weight excluding hydrogens is 444 g/mol. The molecule has 33 heavy (non-hydrogen) atoms. The van der Waals surface area contributed by atoms with Gasteiger partial charge < -0.3 is 25.0 Å². The Balaban J connectivity index is 1.71. The van der Waals surface area contributed by atoms with Gasteiger partial charge >= 0.3 is 0 Å². The maximum atomic E-state index is 12.8. The fourth-order valence-corrected chi connectivity index (χ4v) is 3.42. The zero-order chi connectivity index (χ0) is 23.6. The number of nitrogens with zero attached hydrogens (tertiary/aromatic N) is 2. The molecule has 3 rings (SSSR count). The minimum Gasteiger partial charge on any atom is -0.484 e. The van der Waals surface area contributed by atoms with Crippen LogP contribution in [0.3, 0.4) is 0 Å². The molecule has 9 heteroatoms. The Hall–Kier alpha value is -3.54. The normalized spacial score (nSPS) is 13.7. The average Bonchev–Trinajstić information content (AvgIpc) is 2.82. The van der Waals surface area contributed by atoms with Gasteiger partial charge in [-0.3, -0.25) is 9.59 Å². The summed E-state index contributed by atoms with van der Waals surface area (Å²) in [5.74, 6) is -0.233. The number of hydrogen-bond donors (Lipinski definition) is 2. The summed E-state index contributed by atoms with van der Waals surface area (Å²) in [6, 6.07) is 14.0. The Kier molecular flexibility index (Phi) is 8.70. The van der Waals surface area contributed by atoms with Crippen LogP contribution < -0.4 is 20.3 Å². The number of hydrogen-bond acceptors (Lipinski definition) is 6. The number of halogens is 1. The lowest BCUT2D eigenvalue weighted by Crippen LogP contribution is -2.36. The molecule has 0 aliphatic carbocycles. The maximum Gasteiger partial charge on any atom is 0.266 e. The number of amides is 2. The summed E-state index contributed by atoms with van der Waals surface area (Å²) in [6.07, 6.45) is 1.49. The van der Waals surface area contributed by atoms with Crippen LogP contribution in [-0.4, -0.2) is 51.3 Å². The molecule has 0 saturated carbocycles. The number of carbonyl (C=O) groups is 2. The molecule has 8 nitrogen and oxygen atoms in total. The predicted molar refractivity (Wildman–Crippen MR) is 127 cm³/mol. The van der Waals surface area contributed by atoms with E-state index >= 15 is 0 Å². The zero-order valence-electron chi connectivity index (χ0n) is 18.3. The van der Waals surface area contributed by atoms with Gasteiger partial charge in [0.05, 0.1) is 24.6 Å². The van der Waals surface area contributed by atoms with Gasteiger partial charge in [0, 0.05) is 24.7 Å². The number of anilines is 2. The summed E-state index contributed by atoms with van der Waals surface area (Å²) < 4.78 is 10.8. The second-order valence-corrected chi connectivity index (χ2v) is 7.63. The van der Waals surface area contributed by atoms with Gasteiger partial charge in [0.2, 0.25) is 0 Å². The number of nitrogens with one attached hydrogen (secondary N) is 2. The lowest BCUT2D eigenvalue weighted by atomic mass is 10.1. The van der Waals surface area contributed by atoms with Crippen molar-refractivity contribution in [2.75, 3.05) is 49.7 Å². The summed E-state index contributed by atoms with van der Waals surface area (Å²) in [5, 5.41) is 15.5. The standard InChI is InChI=1S/C24H25ClN4O4/c1-2-27-23(30)16-33-20-6-3-17(4-7-20)13-18(15-26)24(31)28-21-14-19(25)5-8-22(21)29-9-11-32-12-10-29/h3-8,13-14H,2,9-12,16H2,1H3,(H,27,30)(H,28,31)/b18-13-. The van der Waals surface area contributed by atoms with E-state index in [0.717, 1.165) is 5.69 Å². The fourth-order valence-electron chi connectivity index (χ4n) is 3.25. The molecule has 2 amide bonds. The van der Waals surface area contributed by atoms with Gasteiger partial charge in [-0.2, -0.15) is 5.26 Å². The second-order valence-electron chi connectivity index (χ2n) is 7.20. The number of nitriles is 1. The van der Waals surface area contributed by atoms with Crippen LogP contribution in [-0.2, 0) is 14.3 Å². The van der Waals surface area contributed by atoms with Crippen molar-refractivity contribution in [1.29, 1.82) is 5.26 Å². The summed E-state index contributed by atoms with van der Waals surface area (Å²) in [4.78, 5) is 26.4. The Labute approximate surface area is 197 Å². The summed E-state index contributed by atoms with van der Waals surface area (Å²) >= 11 is 6.15. The first-order chi connectivity index (χ1) is 16.0. The molecule has 172 valence electrons. The third-order valence-corrected chi connectivity index (χ3v) is 5.09.